The summed E-state index contributed by atoms with van der Waals surface area (Å²) in [7, 11) is 0. The number of carboxylic acids is 2. The Balaban J connectivity index is 4.37. The molecule has 0 saturated carbocycles. The fraction of sp³-hybridized carbons (Fsp3) is 0.750. The highest BCUT2D eigenvalue weighted by Crippen LogP contribution is 2.00. The predicted molar refractivity (Wildman–Crippen MR) is 68.7 cm³/mol. The van der Waals surface area contributed by atoms with Crippen molar-refractivity contribution in [2.24, 2.45) is 11.8 Å². The van der Waals surface area contributed by atoms with Crippen LogP contribution in [0.2, 0.25) is 0 Å². The van der Waals surface area contributed by atoms with Crippen LogP contribution >= 0.6 is 0 Å². The van der Waals surface area contributed by atoms with E-state index in [9.17, 15) is 14.4 Å². The summed E-state index contributed by atoms with van der Waals surface area (Å²) in [4.78, 5) is 34.3. The molecule has 0 saturated heterocycles. The average molecular weight is 274 g/mol. The third kappa shape index (κ3) is 9.01. The molecular weight excluding hydrogens is 252 g/mol. The summed E-state index contributed by atoms with van der Waals surface area (Å²) >= 11 is 0. The van der Waals surface area contributed by atoms with E-state index in [2.05, 4.69) is 5.32 Å². The van der Waals surface area contributed by atoms with Gasteiger partial charge in [0, 0.05) is 13.1 Å². The molecule has 7 heteroatoms. The van der Waals surface area contributed by atoms with Gasteiger partial charge in [0.2, 0.25) is 5.91 Å². The van der Waals surface area contributed by atoms with Gasteiger partial charge in [0.1, 0.15) is 0 Å². The van der Waals surface area contributed by atoms with Crippen molar-refractivity contribution < 1.29 is 24.6 Å². The summed E-state index contributed by atoms with van der Waals surface area (Å²) in [6.45, 7) is 5.43. The van der Waals surface area contributed by atoms with Gasteiger partial charge in [-0.2, -0.15) is 0 Å². The molecule has 1 atom stereocenters. The zero-order valence-electron chi connectivity index (χ0n) is 11.5. The van der Waals surface area contributed by atoms with Gasteiger partial charge in [0.25, 0.3) is 0 Å². The molecule has 1 amide bonds. The monoisotopic (exact) mass is 274 g/mol. The predicted octanol–water partition coefficient (Wildman–Crippen LogP) is -0.134. The molecule has 0 fully saturated rings. The molecule has 0 bridgehead atoms. The van der Waals surface area contributed by atoms with Crippen LogP contribution in [0.5, 0.6) is 0 Å². The molecule has 0 aliphatic rings. The summed E-state index contributed by atoms with van der Waals surface area (Å²) in [6.07, 6.45) is 0. The molecule has 0 aromatic rings. The van der Waals surface area contributed by atoms with E-state index in [1.165, 1.54) is 11.8 Å². The maximum atomic E-state index is 11.6. The molecule has 0 heterocycles. The highest BCUT2D eigenvalue weighted by molar-refractivity contribution is 5.79. The van der Waals surface area contributed by atoms with Gasteiger partial charge in [-0.25, -0.2) is 0 Å². The lowest BCUT2D eigenvalue weighted by atomic mass is 10.1. The topological polar surface area (TPSA) is 107 Å². The van der Waals surface area contributed by atoms with Crippen molar-refractivity contribution in [3.8, 4) is 0 Å². The van der Waals surface area contributed by atoms with Gasteiger partial charge in [0.05, 0.1) is 19.0 Å². The minimum absolute atomic E-state index is 0.0245. The van der Waals surface area contributed by atoms with Gasteiger partial charge in [-0.3, -0.25) is 19.3 Å². The number of carbonyl (C=O) groups excluding carboxylic acids is 1. The van der Waals surface area contributed by atoms with Crippen LogP contribution in [0.25, 0.3) is 0 Å². The van der Waals surface area contributed by atoms with Crippen molar-refractivity contribution in [2.45, 2.75) is 20.8 Å². The molecule has 0 aliphatic carbocycles. The lowest BCUT2D eigenvalue weighted by Gasteiger charge is -2.21. The van der Waals surface area contributed by atoms with Crippen molar-refractivity contribution in [1.29, 1.82) is 0 Å². The average Bonchev–Trinajstić information content (AvgIpc) is 2.25. The third-order valence-corrected chi connectivity index (χ3v) is 2.39. The number of nitrogens with zero attached hydrogens (tertiary/aromatic N) is 1. The maximum Gasteiger partial charge on any atom is 0.317 e. The Morgan fingerprint density at radius 3 is 2.11 bits per heavy atom. The van der Waals surface area contributed by atoms with Crippen LogP contribution in [0.1, 0.15) is 20.8 Å². The van der Waals surface area contributed by atoms with Crippen molar-refractivity contribution in [1.82, 2.24) is 10.2 Å². The fourth-order valence-electron chi connectivity index (χ4n) is 1.42. The third-order valence-electron chi connectivity index (χ3n) is 2.39. The Hall–Kier alpha value is -1.63. The second kappa shape index (κ2) is 8.47. The second-order valence-electron chi connectivity index (χ2n) is 5.00. The van der Waals surface area contributed by atoms with E-state index in [1.54, 1.807) is 0 Å². The lowest BCUT2D eigenvalue weighted by Crippen LogP contribution is -2.43. The summed E-state index contributed by atoms with van der Waals surface area (Å²) in [5.41, 5.74) is 0. The number of hydrogen-bond acceptors (Lipinski definition) is 4. The fourth-order valence-corrected chi connectivity index (χ4v) is 1.42. The Morgan fingerprint density at radius 2 is 1.68 bits per heavy atom. The highest BCUT2D eigenvalue weighted by atomic mass is 16.4. The Bertz CT molecular complexity index is 330. The van der Waals surface area contributed by atoms with Crippen molar-refractivity contribution >= 4 is 17.8 Å². The van der Waals surface area contributed by atoms with Crippen LogP contribution in [0.3, 0.4) is 0 Å². The molecule has 1 unspecified atom stereocenters. The molecule has 3 N–H and O–H groups in total. The minimum atomic E-state index is -1.09. The van der Waals surface area contributed by atoms with E-state index in [0.717, 1.165) is 0 Å². The number of rotatable bonds is 9. The summed E-state index contributed by atoms with van der Waals surface area (Å²) in [6, 6.07) is 0. The van der Waals surface area contributed by atoms with E-state index < -0.39 is 17.9 Å². The molecule has 0 aromatic carbocycles. The highest BCUT2D eigenvalue weighted by Gasteiger charge is 2.20. The first-order chi connectivity index (χ1) is 8.72. The van der Waals surface area contributed by atoms with Gasteiger partial charge >= 0.3 is 11.9 Å². The van der Waals surface area contributed by atoms with Crippen LogP contribution in [-0.4, -0.2) is 59.1 Å². The van der Waals surface area contributed by atoms with Crippen LogP contribution in [-0.2, 0) is 14.4 Å². The SMILES string of the molecule is CC(C)CNC(=O)CN(CC(=O)O)CC(C)C(=O)O. The lowest BCUT2D eigenvalue weighted by molar-refractivity contribution is -0.144. The first-order valence-electron chi connectivity index (χ1n) is 6.16. The second-order valence-corrected chi connectivity index (χ2v) is 5.00. The molecule has 0 spiro atoms. The Morgan fingerprint density at radius 1 is 1.11 bits per heavy atom. The Labute approximate surface area is 112 Å². The van der Waals surface area contributed by atoms with E-state index in [0.29, 0.717) is 12.5 Å². The normalized spacial score (nSPS) is 12.5. The van der Waals surface area contributed by atoms with Crippen LogP contribution in [0.15, 0.2) is 0 Å². The molecule has 0 aliphatic heterocycles. The molecule has 0 radical (unpaired) electrons. The van der Waals surface area contributed by atoms with E-state index in [1.807, 2.05) is 13.8 Å². The smallest absolute Gasteiger partial charge is 0.317 e. The van der Waals surface area contributed by atoms with Crippen LogP contribution in [0, 0.1) is 11.8 Å². The molecular formula is C12H22N2O5. The van der Waals surface area contributed by atoms with E-state index in [-0.39, 0.29) is 25.5 Å². The van der Waals surface area contributed by atoms with Gasteiger partial charge in [-0.15, -0.1) is 0 Å². The summed E-state index contributed by atoms with van der Waals surface area (Å²) < 4.78 is 0. The standard InChI is InChI=1S/C12H22N2O5/c1-8(2)4-13-10(15)6-14(7-11(16)17)5-9(3)12(18)19/h8-9H,4-7H2,1-3H3,(H,13,15)(H,16,17)(H,18,19). The zero-order chi connectivity index (χ0) is 15.0. The molecule has 0 aromatic heterocycles. The number of amides is 1. The van der Waals surface area contributed by atoms with Gasteiger partial charge < -0.3 is 15.5 Å². The number of carbonyl (C=O) groups is 3. The van der Waals surface area contributed by atoms with E-state index in [4.69, 9.17) is 10.2 Å². The first-order valence-corrected chi connectivity index (χ1v) is 6.16. The van der Waals surface area contributed by atoms with Crippen molar-refractivity contribution in [2.75, 3.05) is 26.2 Å². The van der Waals surface area contributed by atoms with Crippen molar-refractivity contribution in [3.63, 3.8) is 0 Å². The molecule has 110 valence electrons. The summed E-state index contributed by atoms with van der Waals surface area (Å²) in [5.74, 6) is -2.83. The minimum Gasteiger partial charge on any atom is -0.481 e. The Kier molecular flexibility index (Phi) is 7.74. The maximum absolute atomic E-state index is 11.6. The first kappa shape index (κ1) is 17.4. The molecule has 7 nitrogen and oxygen atoms in total. The number of hydrogen-bond donors (Lipinski definition) is 3. The van der Waals surface area contributed by atoms with Gasteiger partial charge in [-0.05, 0) is 5.92 Å². The molecule has 0 rings (SSSR count). The number of nitrogens with one attached hydrogen (secondary N) is 1. The number of carboxylic acid groups (broad SMARTS) is 2. The largest absolute Gasteiger partial charge is 0.481 e. The van der Waals surface area contributed by atoms with E-state index >= 15 is 0 Å². The quantitative estimate of drug-likeness (QED) is 0.540. The summed E-state index contributed by atoms with van der Waals surface area (Å²) in [5, 5.41) is 20.2. The number of aliphatic carboxylic acids is 2. The van der Waals surface area contributed by atoms with Crippen molar-refractivity contribution in [3.05, 3.63) is 0 Å². The molecule has 19 heavy (non-hydrogen) atoms. The zero-order valence-corrected chi connectivity index (χ0v) is 11.5. The van der Waals surface area contributed by atoms with Crippen LogP contribution < -0.4 is 5.32 Å². The van der Waals surface area contributed by atoms with Gasteiger partial charge in [0.15, 0.2) is 0 Å². The van der Waals surface area contributed by atoms with Gasteiger partial charge in [-0.1, -0.05) is 20.8 Å². The van der Waals surface area contributed by atoms with Crippen LogP contribution in [0.4, 0.5) is 0 Å².